The number of anilines is 1. The number of nitrogens with zero attached hydrogens (tertiary/aromatic N) is 1. The summed E-state index contributed by atoms with van der Waals surface area (Å²) in [6, 6.07) is 10.7. The monoisotopic (exact) mass is 438 g/mol. The molecule has 1 aliphatic heterocycles. The molecular weight excluding hydrogens is 431 g/mol. The summed E-state index contributed by atoms with van der Waals surface area (Å²) in [6.45, 7) is 0. The Kier molecular flexibility index (Phi) is 4.99. The van der Waals surface area contributed by atoms with Crippen molar-refractivity contribution in [2.75, 3.05) is 4.90 Å². The summed E-state index contributed by atoms with van der Waals surface area (Å²) in [5, 5.41) is 2.97. The summed E-state index contributed by atoms with van der Waals surface area (Å²) >= 11 is 14.0. The third-order valence-corrected chi connectivity index (χ3v) is 4.59. The van der Waals surface area contributed by atoms with Gasteiger partial charge in [0.25, 0.3) is 11.8 Å². The summed E-state index contributed by atoms with van der Waals surface area (Å²) in [6.07, 6.45) is 1.38. The van der Waals surface area contributed by atoms with Crippen LogP contribution in [0.25, 0.3) is 6.08 Å². The van der Waals surface area contributed by atoms with Crippen LogP contribution in [0.2, 0.25) is 5.02 Å². The van der Waals surface area contributed by atoms with Crippen LogP contribution in [0, 0.1) is 5.82 Å². The molecule has 0 spiro atoms. The number of amides is 2. The Morgan fingerprint density at radius 2 is 1.84 bits per heavy atom. The molecule has 1 fully saturated rings. The lowest BCUT2D eigenvalue weighted by atomic mass is 10.1. The first kappa shape index (κ1) is 17.7. The molecule has 1 saturated heterocycles. The zero-order valence-electron chi connectivity index (χ0n) is 12.4. The van der Waals surface area contributed by atoms with Crippen molar-refractivity contribution >= 4 is 68.4 Å². The van der Waals surface area contributed by atoms with Crippen LogP contribution in [0.3, 0.4) is 0 Å². The summed E-state index contributed by atoms with van der Waals surface area (Å²) in [4.78, 5) is 26.2. The van der Waals surface area contributed by atoms with Crippen molar-refractivity contribution in [3.05, 3.63) is 68.9 Å². The number of thiocarbonyl (C=S) groups is 1. The minimum atomic E-state index is -0.610. The predicted molar refractivity (Wildman–Crippen MR) is 102 cm³/mol. The number of hydrogen-bond acceptors (Lipinski definition) is 3. The summed E-state index contributed by atoms with van der Waals surface area (Å²) in [5.74, 6) is -1.62. The molecule has 3 rings (SSSR count). The second-order valence-electron chi connectivity index (χ2n) is 5.11. The van der Waals surface area contributed by atoms with Crippen LogP contribution < -0.4 is 10.2 Å². The molecule has 0 atom stereocenters. The lowest BCUT2D eigenvalue weighted by Gasteiger charge is -2.28. The second-order valence-corrected chi connectivity index (χ2v) is 6.79. The number of nitrogens with one attached hydrogen (secondary N) is 1. The number of carbonyl (C=O) groups excluding carboxylic acids is 2. The van der Waals surface area contributed by atoms with Crippen LogP contribution in [0.15, 0.2) is 52.5 Å². The molecule has 2 amide bonds. The molecule has 25 heavy (non-hydrogen) atoms. The molecular formula is C17H9BrClFN2O2S. The van der Waals surface area contributed by atoms with Gasteiger partial charge >= 0.3 is 0 Å². The topological polar surface area (TPSA) is 49.4 Å². The molecule has 0 bridgehead atoms. The fourth-order valence-electron chi connectivity index (χ4n) is 2.25. The number of benzene rings is 2. The third-order valence-electron chi connectivity index (χ3n) is 3.44. The largest absolute Gasteiger partial charge is 0.298 e. The van der Waals surface area contributed by atoms with Crippen molar-refractivity contribution in [2.24, 2.45) is 0 Å². The molecule has 126 valence electrons. The number of rotatable bonds is 2. The van der Waals surface area contributed by atoms with E-state index in [1.807, 2.05) is 0 Å². The van der Waals surface area contributed by atoms with E-state index in [1.54, 1.807) is 24.3 Å². The van der Waals surface area contributed by atoms with Crippen molar-refractivity contribution in [3.8, 4) is 0 Å². The average molecular weight is 440 g/mol. The van der Waals surface area contributed by atoms with Gasteiger partial charge in [-0.15, -0.1) is 0 Å². The Hall–Kier alpha value is -2.09. The zero-order chi connectivity index (χ0) is 18.1. The van der Waals surface area contributed by atoms with Crippen molar-refractivity contribution in [2.45, 2.75) is 0 Å². The molecule has 2 aromatic rings. The van der Waals surface area contributed by atoms with Crippen LogP contribution in [-0.2, 0) is 9.59 Å². The summed E-state index contributed by atoms with van der Waals surface area (Å²) < 4.78 is 13.6. The molecule has 4 nitrogen and oxygen atoms in total. The Labute approximate surface area is 161 Å². The Morgan fingerprint density at radius 3 is 2.48 bits per heavy atom. The Balaban J connectivity index is 2.01. The summed E-state index contributed by atoms with van der Waals surface area (Å²) in [5.41, 5.74) is 0.864. The molecule has 0 radical (unpaired) electrons. The molecule has 0 aromatic heterocycles. The van der Waals surface area contributed by atoms with Gasteiger partial charge in [0.05, 0.1) is 10.2 Å². The van der Waals surface area contributed by atoms with Crippen molar-refractivity contribution in [3.63, 3.8) is 0 Å². The number of carbonyl (C=O) groups is 2. The van der Waals surface area contributed by atoms with Crippen LogP contribution in [0.1, 0.15) is 5.56 Å². The molecule has 0 unspecified atom stereocenters. The van der Waals surface area contributed by atoms with Crippen molar-refractivity contribution in [1.29, 1.82) is 0 Å². The van der Waals surface area contributed by atoms with E-state index in [4.69, 9.17) is 23.8 Å². The maximum absolute atomic E-state index is 13.3. The highest BCUT2D eigenvalue weighted by atomic mass is 79.9. The normalized spacial score (nSPS) is 16.4. The van der Waals surface area contributed by atoms with Crippen LogP contribution in [0.4, 0.5) is 10.1 Å². The van der Waals surface area contributed by atoms with Gasteiger partial charge in [0, 0.05) is 5.02 Å². The van der Waals surface area contributed by atoms with E-state index in [1.165, 1.54) is 29.2 Å². The molecule has 0 saturated carbocycles. The standard InChI is InChI=1S/C17H9BrClFN2O2S/c18-13-8-9(1-6-14(13)20)7-12-15(23)21-17(25)22(16(12)24)11-4-2-10(19)3-5-11/h1-8H,(H,21,23,25)/b12-7+. The number of halogens is 3. The van der Waals surface area contributed by atoms with Gasteiger partial charge in [-0.2, -0.15) is 0 Å². The van der Waals surface area contributed by atoms with E-state index < -0.39 is 17.6 Å². The van der Waals surface area contributed by atoms with Crippen LogP contribution >= 0.6 is 39.7 Å². The van der Waals surface area contributed by atoms with Gasteiger partial charge in [0.1, 0.15) is 11.4 Å². The highest BCUT2D eigenvalue weighted by Crippen LogP contribution is 2.24. The smallest absolute Gasteiger partial charge is 0.270 e. The summed E-state index contributed by atoms with van der Waals surface area (Å²) in [7, 11) is 0. The van der Waals surface area contributed by atoms with Gasteiger partial charge in [-0.1, -0.05) is 17.7 Å². The van der Waals surface area contributed by atoms with E-state index in [-0.39, 0.29) is 15.2 Å². The SMILES string of the molecule is O=C1NC(=S)N(c2ccc(Cl)cc2)C(=O)/C1=C/c1ccc(F)c(Br)c1. The average Bonchev–Trinajstić information content (AvgIpc) is 2.56. The first-order valence-electron chi connectivity index (χ1n) is 6.99. The lowest BCUT2D eigenvalue weighted by molar-refractivity contribution is -0.122. The molecule has 1 aliphatic rings. The molecule has 1 heterocycles. The van der Waals surface area contributed by atoms with E-state index >= 15 is 0 Å². The van der Waals surface area contributed by atoms with Gasteiger partial charge in [0.15, 0.2) is 5.11 Å². The zero-order valence-corrected chi connectivity index (χ0v) is 15.6. The second kappa shape index (κ2) is 7.03. The highest BCUT2D eigenvalue weighted by molar-refractivity contribution is 9.10. The van der Waals surface area contributed by atoms with Gasteiger partial charge in [-0.3, -0.25) is 19.8 Å². The maximum atomic E-state index is 13.3. The first-order chi connectivity index (χ1) is 11.9. The Bertz CT molecular complexity index is 931. The van der Waals surface area contributed by atoms with Gasteiger partial charge < -0.3 is 0 Å². The van der Waals surface area contributed by atoms with Gasteiger partial charge in [-0.05, 0) is 76.2 Å². The Morgan fingerprint density at radius 1 is 1.16 bits per heavy atom. The van der Waals surface area contributed by atoms with Crippen molar-refractivity contribution in [1.82, 2.24) is 5.32 Å². The minimum Gasteiger partial charge on any atom is -0.298 e. The van der Waals surface area contributed by atoms with Crippen molar-refractivity contribution < 1.29 is 14.0 Å². The maximum Gasteiger partial charge on any atom is 0.270 e. The van der Waals surface area contributed by atoms with E-state index in [9.17, 15) is 14.0 Å². The highest BCUT2D eigenvalue weighted by Gasteiger charge is 2.34. The lowest BCUT2D eigenvalue weighted by Crippen LogP contribution is -2.54. The third kappa shape index (κ3) is 3.63. The first-order valence-corrected chi connectivity index (χ1v) is 8.57. The predicted octanol–water partition coefficient (Wildman–Crippen LogP) is 4.07. The van der Waals surface area contributed by atoms with Gasteiger partial charge in [0.2, 0.25) is 0 Å². The van der Waals surface area contributed by atoms with Crippen LogP contribution in [-0.4, -0.2) is 16.9 Å². The van der Waals surface area contributed by atoms with Gasteiger partial charge in [-0.25, -0.2) is 4.39 Å². The fraction of sp³-hybridized carbons (Fsp3) is 0. The van der Waals surface area contributed by atoms with E-state index in [0.717, 1.165) is 0 Å². The molecule has 8 heteroatoms. The van der Waals surface area contributed by atoms with Crippen LogP contribution in [0.5, 0.6) is 0 Å². The minimum absolute atomic E-state index is 0.0187. The quantitative estimate of drug-likeness (QED) is 0.436. The van der Waals surface area contributed by atoms with E-state index in [2.05, 4.69) is 21.2 Å². The fourth-order valence-corrected chi connectivity index (χ4v) is 3.05. The molecule has 0 aliphatic carbocycles. The molecule has 1 N–H and O–H groups in total. The number of hydrogen-bond donors (Lipinski definition) is 1. The van der Waals surface area contributed by atoms with E-state index in [0.29, 0.717) is 16.3 Å². The molecule has 2 aromatic carbocycles.